The van der Waals surface area contributed by atoms with Gasteiger partial charge in [-0.05, 0) is 0 Å². The van der Waals surface area contributed by atoms with Gasteiger partial charge >= 0.3 is 140 Å². The molecule has 118 valence electrons. The SMILES string of the molecule is CCC(C)[PH](c1ccccc1)(c1ccccc1)c1ccccc1. The molecule has 3 rings (SSSR count). The van der Waals surface area contributed by atoms with E-state index in [2.05, 4.69) is 105 Å². The van der Waals surface area contributed by atoms with Crippen LogP contribution in [0.15, 0.2) is 91.0 Å². The molecule has 23 heavy (non-hydrogen) atoms. The zero-order valence-corrected chi connectivity index (χ0v) is 14.9. The van der Waals surface area contributed by atoms with Gasteiger partial charge in [-0.3, -0.25) is 0 Å². The molecular formula is C22H25P. The van der Waals surface area contributed by atoms with E-state index in [1.165, 1.54) is 22.3 Å². The monoisotopic (exact) mass is 320 g/mol. The van der Waals surface area contributed by atoms with E-state index in [0.717, 1.165) is 0 Å². The Morgan fingerprint density at radius 1 is 0.609 bits per heavy atom. The molecule has 0 aliphatic carbocycles. The molecule has 1 atom stereocenters. The first kappa shape index (κ1) is 16.0. The van der Waals surface area contributed by atoms with Crippen molar-refractivity contribution in [1.82, 2.24) is 0 Å². The van der Waals surface area contributed by atoms with Crippen molar-refractivity contribution in [3.63, 3.8) is 0 Å². The molecule has 0 saturated heterocycles. The maximum atomic E-state index is 2.43. The van der Waals surface area contributed by atoms with Gasteiger partial charge in [0.2, 0.25) is 0 Å². The van der Waals surface area contributed by atoms with Crippen molar-refractivity contribution >= 4 is 23.2 Å². The number of benzene rings is 3. The van der Waals surface area contributed by atoms with Crippen LogP contribution in [-0.2, 0) is 0 Å². The zero-order valence-electron chi connectivity index (χ0n) is 13.9. The molecule has 0 spiro atoms. The first-order valence-corrected chi connectivity index (χ1v) is 10.5. The molecule has 0 aromatic heterocycles. The normalized spacial score (nSPS) is 13.5. The molecular weight excluding hydrogens is 295 g/mol. The molecule has 1 heteroatoms. The predicted octanol–water partition coefficient (Wildman–Crippen LogP) is 4.51. The van der Waals surface area contributed by atoms with E-state index in [1.807, 2.05) is 0 Å². The van der Waals surface area contributed by atoms with E-state index >= 15 is 0 Å². The molecule has 0 aliphatic heterocycles. The molecule has 1 unspecified atom stereocenters. The van der Waals surface area contributed by atoms with Crippen LogP contribution >= 0.6 is 7.26 Å². The van der Waals surface area contributed by atoms with Crippen LogP contribution in [0.4, 0.5) is 0 Å². The minimum absolute atomic E-state index is 0.634. The van der Waals surface area contributed by atoms with E-state index in [1.54, 1.807) is 0 Å². The second-order valence-corrected chi connectivity index (χ2v) is 10.5. The molecule has 3 aromatic carbocycles. The average molecular weight is 320 g/mol. The van der Waals surface area contributed by atoms with E-state index in [-0.39, 0.29) is 0 Å². The molecule has 0 nitrogen and oxygen atoms in total. The first-order valence-electron chi connectivity index (χ1n) is 8.46. The van der Waals surface area contributed by atoms with Gasteiger partial charge in [-0.1, -0.05) is 0 Å². The molecule has 0 N–H and O–H groups in total. The van der Waals surface area contributed by atoms with E-state index in [4.69, 9.17) is 0 Å². The quantitative estimate of drug-likeness (QED) is 0.607. The summed E-state index contributed by atoms with van der Waals surface area (Å²) in [5, 5.41) is 4.52. The van der Waals surface area contributed by atoms with Gasteiger partial charge in [-0.15, -0.1) is 0 Å². The fourth-order valence-electron chi connectivity index (χ4n) is 3.76. The fraction of sp³-hybridized carbons (Fsp3) is 0.182. The van der Waals surface area contributed by atoms with Gasteiger partial charge in [0.25, 0.3) is 0 Å². The first-order chi connectivity index (χ1) is 11.3. The topological polar surface area (TPSA) is 0 Å². The van der Waals surface area contributed by atoms with Crippen LogP contribution in [0.5, 0.6) is 0 Å². The molecule has 0 bridgehead atoms. The minimum atomic E-state index is -2.03. The summed E-state index contributed by atoms with van der Waals surface area (Å²) in [5.41, 5.74) is 0.634. The summed E-state index contributed by atoms with van der Waals surface area (Å²) in [4.78, 5) is 0. The summed E-state index contributed by atoms with van der Waals surface area (Å²) in [6, 6.07) is 33.5. The Labute approximate surface area is 140 Å². The Kier molecular flexibility index (Phi) is 4.94. The van der Waals surface area contributed by atoms with E-state index < -0.39 is 7.26 Å². The van der Waals surface area contributed by atoms with E-state index in [0.29, 0.717) is 5.66 Å². The standard InChI is InChI=1S/C22H25P/c1-3-19(2)23(20-13-7-4-8-14-20,21-15-9-5-10-16-21)22-17-11-6-12-18-22/h4-19,23H,3H2,1-2H3. The predicted molar refractivity (Wildman–Crippen MR) is 106 cm³/mol. The summed E-state index contributed by atoms with van der Waals surface area (Å²) in [6.07, 6.45) is 1.19. The van der Waals surface area contributed by atoms with Crippen LogP contribution in [0.3, 0.4) is 0 Å². The molecule has 0 amide bonds. The summed E-state index contributed by atoms with van der Waals surface area (Å²) in [7, 11) is -2.03. The summed E-state index contributed by atoms with van der Waals surface area (Å²) < 4.78 is 0. The third-order valence-corrected chi connectivity index (χ3v) is 10.7. The Morgan fingerprint density at radius 2 is 0.913 bits per heavy atom. The molecule has 0 saturated carbocycles. The van der Waals surface area contributed by atoms with Crippen molar-refractivity contribution in [2.75, 3.05) is 0 Å². The number of rotatable bonds is 5. The summed E-state index contributed by atoms with van der Waals surface area (Å²) in [5.74, 6) is 0. The molecule has 3 aromatic rings. The van der Waals surface area contributed by atoms with Gasteiger partial charge in [0, 0.05) is 0 Å². The van der Waals surface area contributed by atoms with Crippen molar-refractivity contribution in [3.05, 3.63) is 91.0 Å². The number of hydrogen-bond acceptors (Lipinski definition) is 0. The summed E-state index contributed by atoms with van der Waals surface area (Å²) >= 11 is 0. The third-order valence-electron chi connectivity index (χ3n) is 5.04. The molecule has 0 heterocycles. The maximum absolute atomic E-state index is 2.43. The Bertz CT molecular complexity index is 623. The van der Waals surface area contributed by atoms with Crippen LogP contribution < -0.4 is 15.9 Å². The second-order valence-electron chi connectivity index (χ2n) is 6.22. The van der Waals surface area contributed by atoms with Crippen molar-refractivity contribution in [1.29, 1.82) is 0 Å². The average Bonchev–Trinajstić information content (AvgIpc) is 2.65. The summed E-state index contributed by atoms with van der Waals surface area (Å²) in [6.45, 7) is 4.75. The van der Waals surface area contributed by atoms with Crippen LogP contribution in [0.1, 0.15) is 20.3 Å². The molecule has 0 aliphatic rings. The zero-order chi connectivity index (χ0) is 16.1. The van der Waals surface area contributed by atoms with Crippen LogP contribution in [0.25, 0.3) is 0 Å². The Hall–Kier alpha value is -1.91. The molecule has 0 fully saturated rings. The van der Waals surface area contributed by atoms with Crippen molar-refractivity contribution < 1.29 is 0 Å². The Balaban J connectivity index is 2.35. The van der Waals surface area contributed by atoms with Crippen LogP contribution in [0, 0.1) is 0 Å². The van der Waals surface area contributed by atoms with Gasteiger partial charge in [-0.25, -0.2) is 0 Å². The third kappa shape index (κ3) is 2.84. The van der Waals surface area contributed by atoms with Crippen LogP contribution in [0.2, 0.25) is 0 Å². The number of hydrogen-bond donors (Lipinski definition) is 0. The van der Waals surface area contributed by atoms with Crippen molar-refractivity contribution in [2.45, 2.75) is 25.9 Å². The van der Waals surface area contributed by atoms with Gasteiger partial charge in [0.05, 0.1) is 0 Å². The van der Waals surface area contributed by atoms with Crippen molar-refractivity contribution in [2.24, 2.45) is 0 Å². The van der Waals surface area contributed by atoms with Gasteiger partial charge in [0.15, 0.2) is 0 Å². The van der Waals surface area contributed by atoms with Crippen molar-refractivity contribution in [3.8, 4) is 0 Å². The fourth-order valence-corrected chi connectivity index (χ4v) is 9.24. The van der Waals surface area contributed by atoms with Gasteiger partial charge in [-0.2, -0.15) is 0 Å². The van der Waals surface area contributed by atoms with E-state index in [9.17, 15) is 0 Å². The molecule has 0 radical (unpaired) electrons. The Morgan fingerprint density at radius 3 is 1.17 bits per heavy atom. The van der Waals surface area contributed by atoms with Gasteiger partial charge in [0.1, 0.15) is 0 Å². The second kappa shape index (κ2) is 7.11. The van der Waals surface area contributed by atoms with Gasteiger partial charge < -0.3 is 0 Å². The van der Waals surface area contributed by atoms with Crippen LogP contribution in [-0.4, -0.2) is 5.66 Å².